The van der Waals surface area contributed by atoms with Crippen LogP contribution in [-0.2, 0) is 25.5 Å². The summed E-state index contributed by atoms with van der Waals surface area (Å²) in [5.41, 5.74) is 2.76. The van der Waals surface area contributed by atoms with Gasteiger partial charge in [-0.1, -0.05) is 54.6 Å². The molecule has 0 aromatic heterocycles. The highest BCUT2D eigenvalue weighted by Gasteiger charge is 2.27. The number of esters is 1. The standard InChI is InChI=1S/C20H23NO4/c1-14-9-7-8-12-16(14)13-17(20(23)25-3)21-19(22)18(24-2)15-10-5-4-6-11-15/h4-12,17-18H,13H2,1-3H3,(H,21,22)/t17-,18-/m1/s1. The quantitative estimate of drug-likeness (QED) is 0.786. The van der Waals surface area contributed by atoms with Crippen LogP contribution < -0.4 is 5.32 Å². The predicted octanol–water partition coefficient (Wildman–Crippen LogP) is 2.58. The highest BCUT2D eigenvalue weighted by molar-refractivity contribution is 5.87. The van der Waals surface area contributed by atoms with Gasteiger partial charge in [0.25, 0.3) is 5.91 Å². The zero-order chi connectivity index (χ0) is 18.2. The summed E-state index contributed by atoms with van der Waals surface area (Å²) in [5.74, 6) is -0.864. The molecule has 2 rings (SSSR count). The van der Waals surface area contributed by atoms with Crippen molar-refractivity contribution in [2.75, 3.05) is 14.2 Å². The molecule has 0 bridgehead atoms. The molecule has 0 heterocycles. The summed E-state index contributed by atoms with van der Waals surface area (Å²) in [6.45, 7) is 1.97. The molecule has 1 N–H and O–H groups in total. The molecule has 2 aromatic carbocycles. The van der Waals surface area contributed by atoms with Gasteiger partial charge in [-0.05, 0) is 23.6 Å². The molecule has 0 aliphatic rings. The second-order valence-corrected chi connectivity index (χ2v) is 5.74. The lowest BCUT2D eigenvalue weighted by Crippen LogP contribution is -2.45. The normalized spacial score (nSPS) is 12.9. The number of methoxy groups -OCH3 is 2. The molecule has 1 amide bonds. The fraction of sp³-hybridized carbons (Fsp3) is 0.300. The Morgan fingerprint density at radius 1 is 1.00 bits per heavy atom. The lowest BCUT2D eigenvalue weighted by atomic mass is 10.0. The van der Waals surface area contributed by atoms with E-state index in [1.807, 2.05) is 61.5 Å². The number of hydrogen-bond acceptors (Lipinski definition) is 4. The van der Waals surface area contributed by atoms with E-state index in [9.17, 15) is 9.59 Å². The van der Waals surface area contributed by atoms with Crippen molar-refractivity contribution in [2.45, 2.75) is 25.5 Å². The molecule has 0 fully saturated rings. The van der Waals surface area contributed by atoms with E-state index >= 15 is 0 Å². The number of hydrogen-bond donors (Lipinski definition) is 1. The smallest absolute Gasteiger partial charge is 0.328 e. The summed E-state index contributed by atoms with van der Waals surface area (Å²) in [6.07, 6.45) is -0.429. The fourth-order valence-electron chi connectivity index (χ4n) is 2.66. The molecule has 0 aliphatic carbocycles. The topological polar surface area (TPSA) is 64.6 Å². The van der Waals surface area contributed by atoms with Crippen molar-refractivity contribution in [3.05, 3.63) is 71.3 Å². The molecule has 0 radical (unpaired) electrons. The highest BCUT2D eigenvalue weighted by Crippen LogP contribution is 2.17. The van der Waals surface area contributed by atoms with E-state index in [0.717, 1.165) is 16.7 Å². The molecule has 2 aromatic rings. The SMILES string of the molecule is COC(=O)[C@@H](Cc1ccccc1C)NC(=O)[C@H](OC)c1ccccc1. The van der Waals surface area contributed by atoms with E-state index in [2.05, 4.69) is 5.32 Å². The molecular weight excluding hydrogens is 318 g/mol. The second-order valence-electron chi connectivity index (χ2n) is 5.74. The van der Waals surface area contributed by atoms with Gasteiger partial charge in [-0.25, -0.2) is 4.79 Å². The molecule has 0 saturated heterocycles. The van der Waals surface area contributed by atoms with Gasteiger partial charge in [0, 0.05) is 13.5 Å². The minimum Gasteiger partial charge on any atom is -0.467 e. The molecule has 0 spiro atoms. The second kappa shape index (κ2) is 8.99. The molecule has 132 valence electrons. The van der Waals surface area contributed by atoms with Crippen molar-refractivity contribution in [3.8, 4) is 0 Å². The molecular formula is C20H23NO4. The Hall–Kier alpha value is -2.66. The molecule has 5 nitrogen and oxygen atoms in total. The molecule has 0 aliphatic heterocycles. The number of benzene rings is 2. The van der Waals surface area contributed by atoms with Gasteiger partial charge in [-0.15, -0.1) is 0 Å². The predicted molar refractivity (Wildman–Crippen MR) is 95.0 cm³/mol. The first-order chi connectivity index (χ1) is 12.1. The minimum atomic E-state index is -0.787. The van der Waals surface area contributed by atoms with Crippen LogP contribution in [-0.4, -0.2) is 32.1 Å². The first-order valence-electron chi connectivity index (χ1n) is 8.07. The highest BCUT2D eigenvalue weighted by atomic mass is 16.5. The number of amides is 1. The van der Waals surface area contributed by atoms with Crippen molar-refractivity contribution in [3.63, 3.8) is 0 Å². The van der Waals surface area contributed by atoms with Gasteiger partial charge in [0.15, 0.2) is 6.10 Å². The molecule has 25 heavy (non-hydrogen) atoms. The monoisotopic (exact) mass is 341 g/mol. The Bertz CT molecular complexity index is 715. The molecule has 0 unspecified atom stereocenters. The summed E-state index contributed by atoms with van der Waals surface area (Å²) >= 11 is 0. The summed E-state index contributed by atoms with van der Waals surface area (Å²) in [7, 11) is 2.77. The maximum absolute atomic E-state index is 12.6. The number of aryl methyl sites for hydroxylation is 1. The van der Waals surface area contributed by atoms with E-state index in [-0.39, 0.29) is 5.91 Å². The van der Waals surface area contributed by atoms with Gasteiger partial charge < -0.3 is 14.8 Å². The van der Waals surface area contributed by atoms with E-state index in [1.54, 1.807) is 0 Å². The third kappa shape index (κ3) is 4.90. The number of carbonyl (C=O) groups excluding carboxylic acids is 2. The fourth-order valence-corrected chi connectivity index (χ4v) is 2.66. The summed E-state index contributed by atoms with van der Waals surface area (Å²) in [6, 6.07) is 16.1. The largest absolute Gasteiger partial charge is 0.467 e. The summed E-state index contributed by atoms with van der Waals surface area (Å²) < 4.78 is 10.2. The Labute approximate surface area is 148 Å². The van der Waals surface area contributed by atoms with Crippen molar-refractivity contribution >= 4 is 11.9 Å². The average Bonchev–Trinajstić information content (AvgIpc) is 2.63. The van der Waals surface area contributed by atoms with Crippen LogP contribution in [0.25, 0.3) is 0 Å². The van der Waals surface area contributed by atoms with Crippen molar-refractivity contribution in [1.29, 1.82) is 0 Å². The summed E-state index contributed by atoms with van der Waals surface area (Å²) in [4.78, 5) is 24.8. The lowest BCUT2D eigenvalue weighted by molar-refractivity contribution is -0.146. The van der Waals surface area contributed by atoms with Crippen LogP contribution in [0.4, 0.5) is 0 Å². The lowest BCUT2D eigenvalue weighted by Gasteiger charge is -2.21. The first-order valence-corrected chi connectivity index (χ1v) is 8.07. The number of nitrogens with one attached hydrogen (secondary N) is 1. The van der Waals surface area contributed by atoms with Gasteiger partial charge in [0.1, 0.15) is 6.04 Å². The average molecular weight is 341 g/mol. The van der Waals surface area contributed by atoms with Crippen molar-refractivity contribution in [1.82, 2.24) is 5.32 Å². The van der Waals surface area contributed by atoms with Crippen LogP contribution in [0.2, 0.25) is 0 Å². The van der Waals surface area contributed by atoms with E-state index in [4.69, 9.17) is 9.47 Å². The zero-order valence-electron chi connectivity index (χ0n) is 14.7. The van der Waals surface area contributed by atoms with Crippen LogP contribution in [0.5, 0.6) is 0 Å². The van der Waals surface area contributed by atoms with Crippen molar-refractivity contribution in [2.24, 2.45) is 0 Å². The summed E-state index contributed by atoms with van der Waals surface area (Å²) in [5, 5.41) is 2.75. The van der Waals surface area contributed by atoms with Crippen molar-refractivity contribution < 1.29 is 19.1 Å². The van der Waals surface area contributed by atoms with E-state index in [1.165, 1.54) is 14.2 Å². The van der Waals surface area contributed by atoms with Gasteiger partial charge in [-0.2, -0.15) is 0 Å². The van der Waals surface area contributed by atoms with Crippen LogP contribution in [0.3, 0.4) is 0 Å². The maximum Gasteiger partial charge on any atom is 0.328 e. The third-order valence-corrected chi connectivity index (χ3v) is 4.06. The van der Waals surface area contributed by atoms with Crippen LogP contribution >= 0.6 is 0 Å². The Kier molecular flexibility index (Phi) is 6.71. The Morgan fingerprint density at radius 2 is 1.64 bits per heavy atom. The number of carbonyl (C=O) groups is 2. The van der Waals surface area contributed by atoms with E-state index in [0.29, 0.717) is 6.42 Å². The Balaban J connectivity index is 2.17. The third-order valence-electron chi connectivity index (χ3n) is 4.06. The zero-order valence-corrected chi connectivity index (χ0v) is 14.7. The molecule has 0 saturated carbocycles. The maximum atomic E-state index is 12.6. The van der Waals surface area contributed by atoms with Crippen LogP contribution in [0.15, 0.2) is 54.6 Å². The van der Waals surface area contributed by atoms with Gasteiger partial charge in [-0.3, -0.25) is 4.79 Å². The van der Waals surface area contributed by atoms with Gasteiger partial charge in [0.05, 0.1) is 7.11 Å². The molecule has 5 heteroatoms. The molecule has 2 atom stereocenters. The Morgan fingerprint density at radius 3 is 2.24 bits per heavy atom. The van der Waals surface area contributed by atoms with Crippen LogP contribution in [0.1, 0.15) is 22.8 Å². The minimum absolute atomic E-state index is 0.357. The van der Waals surface area contributed by atoms with Gasteiger partial charge >= 0.3 is 5.97 Å². The van der Waals surface area contributed by atoms with E-state index < -0.39 is 18.1 Å². The number of ether oxygens (including phenoxy) is 2. The van der Waals surface area contributed by atoms with Crippen LogP contribution in [0, 0.1) is 6.92 Å². The first kappa shape index (κ1) is 18.7. The van der Waals surface area contributed by atoms with Gasteiger partial charge in [0.2, 0.25) is 0 Å². The number of rotatable bonds is 7.